The maximum atomic E-state index is 11.3. The Kier molecular flexibility index (Phi) is 1.29. The second-order valence-corrected chi connectivity index (χ2v) is 4.38. The van der Waals surface area contributed by atoms with Gasteiger partial charge in [0.2, 0.25) is 9.84 Å². The molecule has 12 heavy (non-hydrogen) atoms. The SMILES string of the molecule is Nc1cccc2c1S(=O)(=O)C=C2. The van der Waals surface area contributed by atoms with Crippen LogP contribution in [0.5, 0.6) is 0 Å². The van der Waals surface area contributed by atoms with Crippen molar-refractivity contribution >= 4 is 21.6 Å². The highest BCUT2D eigenvalue weighted by molar-refractivity contribution is 7.95. The molecule has 0 fully saturated rings. The van der Waals surface area contributed by atoms with Crippen LogP contribution in [0.1, 0.15) is 5.56 Å². The number of hydrogen-bond acceptors (Lipinski definition) is 3. The summed E-state index contributed by atoms with van der Waals surface area (Å²) in [5, 5.41) is 1.17. The topological polar surface area (TPSA) is 60.2 Å². The van der Waals surface area contributed by atoms with Crippen LogP contribution in [0, 0.1) is 0 Å². The lowest BCUT2D eigenvalue weighted by Crippen LogP contribution is -1.99. The second-order valence-electron chi connectivity index (χ2n) is 2.61. The number of sulfone groups is 1. The van der Waals surface area contributed by atoms with Crippen molar-refractivity contribution in [1.29, 1.82) is 0 Å². The third-order valence-electron chi connectivity index (χ3n) is 1.79. The first-order valence-corrected chi connectivity index (χ1v) is 4.97. The van der Waals surface area contributed by atoms with Crippen LogP contribution in [0.15, 0.2) is 28.5 Å². The predicted molar refractivity (Wildman–Crippen MR) is 47.1 cm³/mol. The molecule has 4 heteroatoms. The lowest BCUT2D eigenvalue weighted by atomic mass is 10.2. The summed E-state index contributed by atoms with van der Waals surface area (Å²) in [5.41, 5.74) is 6.52. The van der Waals surface area contributed by atoms with Gasteiger partial charge in [0.15, 0.2) is 0 Å². The molecule has 0 aromatic heterocycles. The maximum Gasteiger partial charge on any atom is 0.202 e. The van der Waals surface area contributed by atoms with Crippen LogP contribution in [-0.2, 0) is 9.84 Å². The van der Waals surface area contributed by atoms with Gasteiger partial charge in [0.1, 0.15) is 4.90 Å². The fourth-order valence-corrected chi connectivity index (χ4v) is 2.59. The second kappa shape index (κ2) is 2.10. The van der Waals surface area contributed by atoms with Crippen LogP contribution in [0.3, 0.4) is 0 Å². The summed E-state index contributed by atoms with van der Waals surface area (Å²) in [6.07, 6.45) is 1.56. The van der Waals surface area contributed by atoms with E-state index in [0.717, 1.165) is 0 Å². The number of nitrogens with two attached hydrogens (primary N) is 1. The molecule has 1 heterocycles. The summed E-state index contributed by atoms with van der Waals surface area (Å²) in [4.78, 5) is 0.241. The molecule has 0 amide bonds. The normalized spacial score (nSPS) is 17.7. The Morgan fingerprint density at radius 2 is 2.00 bits per heavy atom. The number of nitrogen functional groups attached to an aromatic ring is 1. The quantitative estimate of drug-likeness (QED) is 0.608. The van der Waals surface area contributed by atoms with Crippen LogP contribution in [0.25, 0.3) is 6.08 Å². The fraction of sp³-hybridized carbons (Fsp3) is 0. The van der Waals surface area contributed by atoms with Crippen molar-refractivity contribution in [3.05, 3.63) is 29.2 Å². The summed E-state index contributed by atoms with van der Waals surface area (Å²) in [5.74, 6) is 0. The van der Waals surface area contributed by atoms with Gasteiger partial charge in [0, 0.05) is 5.41 Å². The minimum atomic E-state index is -3.24. The van der Waals surface area contributed by atoms with Crippen LogP contribution in [0.2, 0.25) is 0 Å². The van der Waals surface area contributed by atoms with Gasteiger partial charge in [0.05, 0.1) is 5.69 Å². The van der Waals surface area contributed by atoms with Gasteiger partial charge in [-0.2, -0.15) is 0 Å². The molecule has 3 nitrogen and oxygen atoms in total. The van der Waals surface area contributed by atoms with Crippen molar-refractivity contribution < 1.29 is 8.42 Å². The zero-order chi connectivity index (χ0) is 8.77. The van der Waals surface area contributed by atoms with Crippen molar-refractivity contribution in [3.63, 3.8) is 0 Å². The minimum Gasteiger partial charge on any atom is -0.398 e. The van der Waals surface area contributed by atoms with Crippen LogP contribution in [-0.4, -0.2) is 8.42 Å². The monoisotopic (exact) mass is 181 g/mol. The first kappa shape index (κ1) is 7.36. The van der Waals surface area contributed by atoms with E-state index in [-0.39, 0.29) is 4.90 Å². The molecule has 1 aromatic rings. The van der Waals surface area contributed by atoms with E-state index in [9.17, 15) is 8.42 Å². The first-order chi connectivity index (χ1) is 5.61. The van der Waals surface area contributed by atoms with Gasteiger partial charge >= 0.3 is 0 Å². The van der Waals surface area contributed by atoms with Crippen molar-refractivity contribution in [1.82, 2.24) is 0 Å². The van der Waals surface area contributed by atoms with Gasteiger partial charge in [-0.05, 0) is 17.7 Å². The highest BCUT2D eigenvalue weighted by Crippen LogP contribution is 2.31. The predicted octanol–water partition coefficient (Wildman–Crippen LogP) is 1.03. The van der Waals surface area contributed by atoms with Crippen molar-refractivity contribution in [2.24, 2.45) is 0 Å². The molecule has 62 valence electrons. The van der Waals surface area contributed by atoms with E-state index in [4.69, 9.17) is 5.73 Å². The number of anilines is 1. The number of fused-ring (bicyclic) bond motifs is 1. The van der Waals surface area contributed by atoms with Crippen LogP contribution in [0.4, 0.5) is 5.69 Å². The highest BCUT2D eigenvalue weighted by Gasteiger charge is 2.22. The number of rotatable bonds is 0. The summed E-state index contributed by atoms with van der Waals surface area (Å²) < 4.78 is 22.6. The van der Waals surface area contributed by atoms with Crippen LogP contribution >= 0.6 is 0 Å². The number of hydrogen-bond donors (Lipinski definition) is 1. The molecule has 0 saturated heterocycles. The third kappa shape index (κ3) is 0.848. The zero-order valence-electron chi connectivity index (χ0n) is 6.19. The van der Waals surface area contributed by atoms with E-state index in [1.54, 1.807) is 24.3 Å². The summed E-state index contributed by atoms with van der Waals surface area (Å²) in [7, 11) is -3.24. The fourth-order valence-electron chi connectivity index (χ4n) is 1.26. The largest absolute Gasteiger partial charge is 0.398 e. The molecule has 0 atom stereocenters. The molecule has 0 saturated carbocycles. The molecular formula is C8H7NO2S. The molecular weight excluding hydrogens is 174 g/mol. The Labute approximate surface area is 70.4 Å². The Bertz CT molecular complexity index is 460. The molecule has 0 unspecified atom stereocenters. The van der Waals surface area contributed by atoms with Crippen LogP contribution < -0.4 is 5.73 Å². The van der Waals surface area contributed by atoms with Crippen molar-refractivity contribution in [3.8, 4) is 0 Å². The van der Waals surface area contributed by atoms with E-state index in [1.165, 1.54) is 5.41 Å². The zero-order valence-corrected chi connectivity index (χ0v) is 7.01. The lowest BCUT2D eigenvalue weighted by Gasteiger charge is -2.01. The third-order valence-corrected chi connectivity index (χ3v) is 3.32. The standard InChI is InChI=1S/C8H7NO2S/c9-7-3-1-2-6-4-5-12(10,11)8(6)7/h1-5H,9H2. The lowest BCUT2D eigenvalue weighted by molar-refractivity contribution is 0.606. The Hall–Kier alpha value is -1.29. The molecule has 0 spiro atoms. The van der Waals surface area contributed by atoms with E-state index in [2.05, 4.69) is 0 Å². The minimum absolute atomic E-state index is 0.241. The Morgan fingerprint density at radius 1 is 1.25 bits per heavy atom. The van der Waals surface area contributed by atoms with Gasteiger partial charge < -0.3 is 5.73 Å². The molecule has 2 N–H and O–H groups in total. The van der Waals surface area contributed by atoms with Gasteiger partial charge in [-0.15, -0.1) is 0 Å². The average molecular weight is 181 g/mol. The van der Waals surface area contributed by atoms with Gasteiger partial charge in [-0.25, -0.2) is 8.42 Å². The Balaban J connectivity index is 2.88. The van der Waals surface area contributed by atoms with E-state index in [0.29, 0.717) is 11.3 Å². The number of benzene rings is 1. The molecule has 1 aliphatic heterocycles. The van der Waals surface area contributed by atoms with Gasteiger partial charge in [0.25, 0.3) is 0 Å². The summed E-state index contributed by atoms with van der Waals surface area (Å²) in [6, 6.07) is 5.05. The summed E-state index contributed by atoms with van der Waals surface area (Å²) in [6.45, 7) is 0. The Morgan fingerprint density at radius 3 is 2.67 bits per heavy atom. The maximum absolute atomic E-state index is 11.3. The molecule has 0 bridgehead atoms. The molecule has 0 aliphatic carbocycles. The molecule has 2 rings (SSSR count). The van der Waals surface area contributed by atoms with E-state index in [1.807, 2.05) is 0 Å². The molecule has 0 radical (unpaired) electrons. The van der Waals surface area contributed by atoms with E-state index >= 15 is 0 Å². The highest BCUT2D eigenvalue weighted by atomic mass is 32.2. The van der Waals surface area contributed by atoms with E-state index < -0.39 is 9.84 Å². The molecule has 1 aliphatic rings. The van der Waals surface area contributed by atoms with Gasteiger partial charge in [-0.1, -0.05) is 12.1 Å². The van der Waals surface area contributed by atoms with Crippen molar-refractivity contribution in [2.75, 3.05) is 5.73 Å². The summed E-state index contributed by atoms with van der Waals surface area (Å²) >= 11 is 0. The van der Waals surface area contributed by atoms with Gasteiger partial charge in [-0.3, -0.25) is 0 Å². The smallest absolute Gasteiger partial charge is 0.202 e. The van der Waals surface area contributed by atoms with Crippen molar-refractivity contribution in [2.45, 2.75) is 4.90 Å². The first-order valence-electron chi connectivity index (χ1n) is 3.43. The average Bonchev–Trinajstić information content (AvgIpc) is 2.29. The molecule has 1 aromatic carbocycles.